The van der Waals surface area contributed by atoms with Crippen LogP contribution in [0.4, 0.5) is 5.82 Å². The van der Waals surface area contributed by atoms with Crippen LogP contribution < -0.4 is 15.2 Å². The minimum atomic E-state index is -0.0255. The molecule has 0 saturated carbocycles. The SMILES string of the molecule is COCCOc1nc(N)c2nc(OC)n(Cc3cccc(CO)c3)c2n1. The Morgan fingerprint density at radius 2 is 1.92 bits per heavy atom. The van der Waals surface area contributed by atoms with Gasteiger partial charge in [-0.25, -0.2) is 0 Å². The van der Waals surface area contributed by atoms with Crippen LogP contribution in [0.2, 0.25) is 0 Å². The molecule has 0 aliphatic rings. The minimum Gasteiger partial charge on any atom is -0.468 e. The lowest BCUT2D eigenvalue weighted by atomic mass is 10.1. The van der Waals surface area contributed by atoms with Crippen LogP contribution >= 0.6 is 0 Å². The predicted octanol–water partition coefficient (Wildman–Crippen LogP) is 0.983. The summed E-state index contributed by atoms with van der Waals surface area (Å²) in [6, 6.07) is 8.12. The topological polar surface area (TPSA) is 118 Å². The summed E-state index contributed by atoms with van der Waals surface area (Å²) in [5.74, 6) is 0.212. The van der Waals surface area contributed by atoms with E-state index in [-0.39, 0.29) is 18.4 Å². The number of benzene rings is 1. The van der Waals surface area contributed by atoms with E-state index >= 15 is 0 Å². The zero-order valence-corrected chi connectivity index (χ0v) is 14.7. The molecular formula is C17H21N5O4. The minimum absolute atomic E-state index is 0.0255. The lowest BCUT2D eigenvalue weighted by molar-refractivity contribution is 0.141. The maximum atomic E-state index is 9.33. The molecule has 0 fully saturated rings. The van der Waals surface area contributed by atoms with Gasteiger partial charge in [-0.3, -0.25) is 4.57 Å². The molecule has 3 N–H and O–H groups in total. The zero-order valence-electron chi connectivity index (χ0n) is 14.7. The van der Waals surface area contributed by atoms with E-state index in [1.165, 1.54) is 7.11 Å². The second kappa shape index (κ2) is 7.98. The summed E-state index contributed by atoms with van der Waals surface area (Å²) in [6.07, 6.45) is 0. The number of ether oxygens (including phenoxy) is 3. The van der Waals surface area contributed by atoms with Gasteiger partial charge in [-0.15, -0.1) is 0 Å². The number of methoxy groups -OCH3 is 2. The lowest BCUT2D eigenvalue weighted by Crippen LogP contribution is -2.09. The molecule has 0 bridgehead atoms. The number of aromatic nitrogens is 4. The number of rotatable bonds is 8. The van der Waals surface area contributed by atoms with Crippen molar-refractivity contribution < 1.29 is 19.3 Å². The van der Waals surface area contributed by atoms with E-state index < -0.39 is 0 Å². The summed E-state index contributed by atoms with van der Waals surface area (Å²) in [6.45, 7) is 1.15. The van der Waals surface area contributed by atoms with Crippen molar-refractivity contribution >= 4 is 17.0 Å². The molecule has 0 unspecified atom stereocenters. The Hall–Kier alpha value is -2.91. The molecule has 2 heterocycles. The number of nitrogens with two attached hydrogens (primary N) is 1. The van der Waals surface area contributed by atoms with E-state index in [4.69, 9.17) is 19.9 Å². The van der Waals surface area contributed by atoms with Crippen LogP contribution in [0.25, 0.3) is 11.2 Å². The van der Waals surface area contributed by atoms with Gasteiger partial charge >= 0.3 is 6.01 Å². The molecule has 0 aliphatic heterocycles. The smallest absolute Gasteiger partial charge is 0.320 e. The molecule has 0 spiro atoms. The third-order valence-electron chi connectivity index (χ3n) is 3.78. The van der Waals surface area contributed by atoms with Gasteiger partial charge in [-0.1, -0.05) is 24.3 Å². The maximum absolute atomic E-state index is 9.33. The van der Waals surface area contributed by atoms with E-state index in [1.54, 1.807) is 11.7 Å². The Morgan fingerprint density at radius 1 is 1.12 bits per heavy atom. The van der Waals surface area contributed by atoms with E-state index in [0.717, 1.165) is 11.1 Å². The summed E-state index contributed by atoms with van der Waals surface area (Å²) in [5.41, 5.74) is 8.75. The Bertz CT molecular complexity index is 896. The standard InChI is InChI=1S/C17H21N5O4/c1-24-6-7-26-16-20-14(18)13-15(21-16)22(17(19-13)25-2)9-11-4-3-5-12(8-11)10-23/h3-5,8,23H,6-7,9-10H2,1-2H3,(H2,18,20,21). The fraction of sp³-hybridized carbons (Fsp3) is 0.353. The van der Waals surface area contributed by atoms with Gasteiger partial charge in [0, 0.05) is 7.11 Å². The van der Waals surface area contributed by atoms with Crippen LogP contribution in [0.3, 0.4) is 0 Å². The monoisotopic (exact) mass is 359 g/mol. The van der Waals surface area contributed by atoms with Crippen molar-refractivity contribution in [3.63, 3.8) is 0 Å². The first-order valence-electron chi connectivity index (χ1n) is 8.04. The van der Waals surface area contributed by atoms with Crippen molar-refractivity contribution in [2.75, 3.05) is 33.2 Å². The third kappa shape index (κ3) is 3.68. The highest BCUT2D eigenvalue weighted by Crippen LogP contribution is 2.26. The molecule has 9 nitrogen and oxygen atoms in total. The lowest BCUT2D eigenvalue weighted by Gasteiger charge is -2.09. The third-order valence-corrected chi connectivity index (χ3v) is 3.78. The van der Waals surface area contributed by atoms with Gasteiger partial charge in [-0.2, -0.15) is 15.0 Å². The summed E-state index contributed by atoms with van der Waals surface area (Å²) in [5, 5.41) is 9.33. The first-order chi connectivity index (χ1) is 12.7. The number of nitrogen functional groups attached to an aromatic ring is 1. The fourth-order valence-corrected chi connectivity index (χ4v) is 2.57. The number of nitrogens with zero attached hydrogens (tertiary/aromatic N) is 4. The number of aliphatic hydroxyl groups excluding tert-OH is 1. The molecule has 138 valence electrons. The normalized spacial score (nSPS) is 11.0. The van der Waals surface area contributed by atoms with Crippen molar-refractivity contribution in [1.29, 1.82) is 0 Å². The summed E-state index contributed by atoms with van der Waals surface area (Å²) in [4.78, 5) is 12.9. The average Bonchev–Trinajstić information content (AvgIpc) is 3.00. The summed E-state index contributed by atoms with van der Waals surface area (Å²) < 4.78 is 17.6. The molecule has 3 rings (SSSR count). The molecule has 0 saturated heterocycles. The van der Waals surface area contributed by atoms with Crippen LogP contribution in [0.5, 0.6) is 12.0 Å². The predicted molar refractivity (Wildman–Crippen MR) is 95.1 cm³/mol. The Morgan fingerprint density at radius 3 is 2.65 bits per heavy atom. The quantitative estimate of drug-likeness (QED) is 0.572. The van der Waals surface area contributed by atoms with Gasteiger partial charge < -0.3 is 25.1 Å². The van der Waals surface area contributed by atoms with E-state index in [0.29, 0.717) is 36.9 Å². The van der Waals surface area contributed by atoms with Crippen LogP contribution in [-0.2, 0) is 17.9 Å². The largest absolute Gasteiger partial charge is 0.468 e. The maximum Gasteiger partial charge on any atom is 0.320 e. The van der Waals surface area contributed by atoms with Crippen molar-refractivity contribution in [2.24, 2.45) is 0 Å². The zero-order chi connectivity index (χ0) is 18.5. The molecule has 9 heteroatoms. The summed E-state index contributed by atoms with van der Waals surface area (Å²) >= 11 is 0. The van der Waals surface area contributed by atoms with Gasteiger partial charge in [0.1, 0.15) is 6.61 Å². The van der Waals surface area contributed by atoms with E-state index in [9.17, 15) is 5.11 Å². The number of fused-ring (bicyclic) bond motifs is 1. The van der Waals surface area contributed by atoms with Crippen molar-refractivity contribution in [3.8, 4) is 12.0 Å². The van der Waals surface area contributed by atoms with Crippen molar-refractivity contribution in [2.45, 2.75) is 13.2 Å². The molecule has 0 amide bonds. The highest BCUT2D eigenvalue weighted by Gasteiger charge is 2.18. The molecule has 3 aromatic rings. The first-order valence-corrected chi connectivity index (χ1v) is 8.04. The molecule has 0 aliphatic carbocycles. The first kappa shape index (κ1) is 17.9. The van der Waals surface area contributed by atoms with Crippen LogP contribution in [0.1, 0.15) is 11.1 Å². The van der Waals surface area contributed by atoms with Gasteiger partial charge in [-0.05, 0) is 11.1 Å². The summed E-state index contributed by atoms with van der Waals surface area (Å²) in [7, 11) is 3.11. The van der Waals surface area contributed by atoms with Gasteiger partial charge in [0.15, 0.2) is 17.0 Å². The second-order valence-corrected chi connectivity index (χ2v) is 5.57. The highest BCUT2D eigenvalue weighted by molar-refractivity contribution is 5.83. The van der Waals surface area contributed by atoms with Gasteiger partial charge in [0.2, 0.25) is 0 Å². The Labute approximate surface area is 150 Å². The second-order valence-electron chi connectivity index (χ2n) is 5.57. The van der Waals surface area contributed by atoms with Gasteiger partial charge in [0.25, 0.3) is 6.01 Å². The van der Waals surface area contributed by atoms with Crippen LogP contribution in [0.15, 0.2) is 24.3 Å². The van der Waals surface area contributed by atoms with Crippen molar-refractivity contribution in [1.82, 2.24) is 19.5 Å². The molecule has 0 atom stereocenters. The number of hydrogen-bond donors (Lipinski definition) is 2. The Kier molecular flexibility index (Phi) is 5.49. The molecule has 0 radical (unpaired) electrons. The Balaban J connectivity index is 2.01. The van der Waals surface area contributed by atoms with E-state index in [2.05, 4.69) is 15.0 Å². The van der Waals surface area contributed by atoms with Gasteiger partial charge in [0.05, 0.1) is 26.9 Å². The van der Waals surface area contributed by atoms with E-state index in [1.807, 2.05) is 24.3 Å². The molecule has 26 heavy (non-hydrogen) atoms. The number of imidazole rings is 1. The van der Waals surface area contributed by atoms with Crippen LogP contribution in [-0.4, -0.2) is 52.1 Å². The number of aliphatic hydroxyl groups is 1. The molecular weight excluding hydrogens is 338 g/mol. The van der Waals surface area contributed by atoms with Crippen LogP contribution in [0, 0.1) is 0 Å². The highest BCUT2D eigenvalue weighted by atomic mass is 16.5. The van der Waals surface area contributed by atoms with Crippen molar-refractivity contribution in [3.05, 3.63) is 35.4 Å². The number of hydrogen-bond acceptors (Lipinski definition) is 8. The molecule has 2 aromatic heterocycles. The fourth-order valence-electron chi connectivity index (χ4n) is 2.57. The number of anilines is 1. The molecule has 1 aromatic carbocycles. The average molecular weight is 359 g/mol.